The van der Waals surface area contributed by atoms with Gasteiger partial charge in [0.05, 0.1) is 5.54 Å². The lowest BCUT2D eigenvalue weighted by Crippen LogP contribution is -2.43. The molecule has 3 N–H and O–H groups in total. The number of amides is 1. The first kappa shape index (κ1) is 13.4. The van der Waals surface area contributed by atoms with Gasteiger partial charge in [-0.3, -0.25) is 0 Å². The zero-order valence-corrected chi connectivity index (χ0v) is 11.3. The van der Waals surface area contributed by atoms with Crippen molar-refractivity contribution < 1.29 is 4.79 Å². The molecule has 6 nitrogen and oxygen atoms in total. The molecular weight excluding hydrogens is 266 g/mol. The third-order valence-electron chi connectivity index (χ3n) is 2.68. The van der Waals surface area contributed by atoms with E-state index in [0.717, 1.165) is 10.2 Å². The molecule has 7 heteroatoms. The molecule has 0 bridgehead atoms. The molecular formula is C12H14ClN5O. The van der Waals surface area contributed by atoms with Crippen molar-refractivity contribution in [1.29, 1.82) is 0 Å². The summed E-state index contributed by atoms with van der Waals surface area (Å²) in [5.74, 6) is 0.0516. The van der Waals surface area contributed by atoms with E-state index < -0.39 is 11.6 Å². The Morgan fingerprint density at radius 1 is 1.47 bits per heavy atom. The lowest BCUT2D eigenvalue weighted by molar-refractivity contribution is 0.228. The summed E-state index contributed by atoms with van der Waals surface area (Å²) in [5, 5.41) is 7.20. The van der Waals surface area contributed by atoms with Crippen molar-refractivity contribution >= 4 is 23.6 Å². The standard InChI is InChI=1S/C12H14ClN5O/c1-12(2,8-4-3-5-9(13)6-8)16-11(19)18-7-15-10(14)17-18/h3-7H,1-2H3,(H2,14,17)(H,16,19). The zero-order chi connectivity index (χ0) is 14.0. The van der Waals surface area contributed by atoms with Crippen LogP contribution in [-0.4, -0.2) is 20.8 Å². The van der Waals surface area contributed by atoms with Crippen molar-refractivity contribution in [3.63, 3.8) is 0 Å². The number of rotatable bonds is 2. The molecule has 2 rings (SSSR count). The number of nitrogens with one attached hydrogen (secondary N) is 1. The van der Waals surface area contributed by atoms with E-state index in [1.54, 1.807) is 12.1 Å². The van der Waals surface area contributed by atoms with Gasteiger partial charge in [0.15, 0.2) is 0 Å². The SMILES string of the molecule is CC(C)(NC(=O)n1cnc(N)n1)c1cccc(Cl)c1. The summed E-state index contributed by atoms with van der Waals surface area (Å²) in [4.78, 5) is 15.7. The van der Waals surface area contributed by atoms with Crippen LogP contribution in [0.1, 0.15) is 19.4 Å². The predicted molar refractivity (Wildman–Crippen MR) is 72.8 cm³/mol. The van der Waals surface area contributed by atoms with Crippen LogP contribution in [0.2, 0.25) is 5.02 Å². The Balaban J connectivity index is 2.19. The molecule has 0 aliphatic heterocycles. The second-order valence-electron chi connectivity index (χ2n) is 4.61. The largest absolute Gasteiger partial charge is 0.366 e. The first-order valence-corrected chi connectivity index (χ1v) is 6.02. The average Bonchev–Trinajstić information content (AvgIpc) is 2.75. The molecule has 0 saturated carbocycles. The number of benzene rings is 1. The van der Waals surface area contributed by atoms with Crippen molar-refractivity contribution in [3.8, 4) is 0 Å². The molecule has 19 heavy (non-hydrogen) atoms. The normalized spacial score (nSPS) is 11.3. The van der Waals surface area contributed by atoms with Crippen molar-refractivity contribution in [2.45, 2.75) is 19.4 Å². The minimum Gasteiger partial charge on any atom is -0.366 e. The number of hydrogen-bond acceptors (Lipinski definition) is 4. The molecule has 2 aromatic rings. The van der Waals surface area contributed by atoms with Crippen LogP contribution < -0.4 is 11.1 Å². The van der Waals surface area contributed by atoms with E-state index >= 15 is 0 Å². The molecule has 0 unspecified atom stereocenters. The van der Waals surface area contributed by atoms with E-state index in [2.05, 4.69) is 15.4 Å². The van der Waals surface area contributed by atoms with Crippen LogP contribution in [0.4, 0.5) is 10.7 Å². The minimum absolute atomic E-state index is 0.0516. The Morgan fingerprint density at radius 2 is 2.21 bits per heavy atom. The molecule has 0 radical (unpaired) electrons. The Hall–Kier alpha value is -2.08. The highest BCUT2D eigenvalue weighted by molar-refractivity contribution is 6.30. The molecule has 0 spiro atoms. The smallest absolute Gasteiger partial charge is 0.344 e. The van der Waals surface area contributed by atoms with Gasteiger partial charge in [-0.25, -0.2) is 9.78 Å². The lowest BCUT2D eigenvalue weighted by atomic mass is 9.94. The van der Waals surface area contributed by atoms with Gasteiger partial charge in [0, 0.05) is 5.02 Å². The van der Waals surface area contributed by atoms with Gasteiger partial charge in [0.1, 0.15) is 6.33 Å². The summed E-state index contributed by atoms with van der Waals surface area (Å²) in [6.07, 6.45) is 1.26. The van der Waals surface area contributed by atoms with Crippen LogP contribution in [0.5, 0.6) is 0 Å². The highest BCUT2D eigenvalue weighted by Gasteiger charge is 2.24. The number of hydrogen-bond donors (Lipinski definition) is 2. The van der Waals surface area contributed by atoms with Crippen molar-refractivity contribution in [2.24, 2.45) is 0 Å². The van der Waals surface area contributed by atoms with E-state index in [-0.39, 0.29) is 5.95 Å². The maximum Gasteiger partial charge on any atom is 0.344 e. The molecule has 1 heterocycles. The van der Waals surface area contributed by atoms with Crippen LogP contribution in [0, 0.1) is 0 Å². The van der Waals surface area contributed by atoms with Crippen LogP contribution in [0.25, 0.3) is 0 Å². The second-order valence-corrected chi connectivity index (χ2v) is 5.05. The van der Waals surface area contributed by atoms with E-state index in [4.69, 9.17) is 17.3 Å². The highest BCUT2D eigenvalue weighted by Crippen LogP contribution is 2.23. The average molecular weight is 280 g/mol. The monoisotopic (exact) mass is 279 g/mol. The molecule has 0 saturated heterocycles. The minimum atomic E-state index is -0.595. The molecule has 1 aromatic heterocycles. The fourth-order valence-corrected chi connectivity index (χ4v) is 1.84. The van der Waals surface area contributed by atoms with Crippen LogP contribution in [0.15, 0.2) is 30.6 Å². The summed E-state index contributed by atoms with van der Waals surface area (Å²) in [7, 11) is 0. The number of aromatic nitrogens is 3. The van der Waals surface area contributed by atoms with E-state index in [1.165, 1.54) is 6.33 Å². The fourth-order valence-electron chi connectivity index (χ4n) is 1.65. The third-order valence-corrected chi connectivity index (χ3v) is 2.92. The Kier molecular flexibility index (Phi) is 3.44. The molecule has 100 valence electrons. The molecule has 1 aromatic carbocycles. The molecule has 1 amide bonds. The van der Waals surface area contributed by atoms with Crippen LogP contribution in [0.3, 0.4) is 0 Å². The van der Waals surface area contributed by atoms with Crippen molar-refractivity contribution in [1.82, 2.24) is 20.1 Å². The number of anilines is 1. The van der Waals surface area contributed by atoms with Crippen molar-refractivity contribution in [3.05, 3.63) is 41.2 Å². The Bertz CT molecular complexity index is 608. The molecule has 0 aliphatic rings. The molecule has 0 fully saturated rings. The van der Waals surface area contributed by atoms with Gasteiger partial charge < -0.3 is 11.1 Å². The van der Waals surface area contributed by atoms with Gasteiger partial charge in [-0.1, -0.05) is 23.7 Å². The summed E-state index contributed by atoms with van der Waals surface area (Å²) >= 11 is 5.95. The van der Waals surface area contributed by atoms with Gasteiger partial charge in [-0.05, 0) is 31.5 Å². The molecule has 0 aliphatic carbocycles. The zero-order valence-electron chi connectivity index (χ0n) is 10.6. The van der Waals surface area contributed by atoms with Gasteiger partial charge >= 0.3 is 6.03 Å². The lowest BCUT2D eigenvalue weighted by Gasteiger charge is -2.26. The number of carbonyl (C=O) groups is 1. The fraction of sp³-hybridized carbons (Fsp3) is 0.250. The number of nitrogen functional groups attached to an aromatic ring is 1. The quantitative estimate of drug-likeness (QED) is 0.880. The summed E-state index contributed by atoms with van der Waals surface area (Å²) in [6, 6.07) is 6.90. The number of halogens is 1. The summed E-state index contributed by atoms with van der Waals surface area (Å²) in [6.45, 7) is 3.74. The third kappa shape index (κ3) is 3.03. The van der Waals surface area contributed by atoms with E-state index in [1.807, 2.05) is 26.0 Å². The second kappa shape index (κ2) is 4.89. The first-order valence-electron chi connectivity index (χ1n) is 5.64. The number of carbonyl (C=O) groups excluding carboxylic acids is 1. The van der Waals surface area contributed by atoms with Crippen molar-refractivity contribution in [2.75, 3.05) is 5.73 Å². The van der Waals surface area contributed by atoms with Crippen LogP contribution in [-0.2, 0) is 5.54 Å². The number of nitrogens with two attached hydrogens (primary N) is 1. The highest BCUT2D eigenvalue weighted by atomic mass is 35.5. The van der Waals surface area contributed by atoms with Gasteiger partial charge in [0.2, 0.25) is 5.95 Å². The Morgan fingerprint density at radius 3 is 2.79 bits per heavy atom. The first-order chi connectivity index (χ1) is 8.88. The number of nitrogens with zero attached hydrogens (tertiary/aromatic N) is 3. The summed E-state index contributed by atoms with van der Waals surface area (Å²) < 4.78 is 1.06. The van der Waals surface area contributed by atoms with E-state index in [0.29, 0.717) is 5.02 Å². The maximum atomic E-state index is 12.0. The molecule has 0 atom stereocenters. The topological polar surface area (TPSA) is 85.8 Å². The van der Waals surface area contributed by atoms with E-state index in [9.17, 15) is 4.79 Å². The predicted octanol–water partition coefficient (Wildman–Crippen LogP) is 2.01. The Labute approximate surface area is 115 Å². The van der Waals surface area contributed by atoms with Crippen LogP contribution >= 0.6 is 11.6 Å². The van der Waals surface area contributed by atoms with Gasteiger partial charge in [-0.2, -0.15) is 4.68 Å². The van der Waals surface area contributed by atoms with Gasteiger partial charge in [-0.15, -0.1) is 5.10 Å². The summed E-state index contributed by atoms with van der Waals surface area (Å²) in [5.41, 5.74) is 5.67. The maximum absolute atomic E-state index is 12.0. The van der Waals surface area contributed by atoms with Gasteiger partial charge in [0.25, 0.3) is 0 Å².